The molecule has 0 saturated heterocycles. The third-order valence-corrected chi connectivity index (χ3v) is 2.36. The minimum absolute atomic E-state index is 0.0513. The number of carbonyl (C=O) groups excluding carboxylic acids is 1. The van der Waals surface area contributed by atoms with Crippen molar-refractivity contribution in [3.05, 3.63) is 55.1 Å². The van der Waals surface area contributed by atoms with Crippen LogP contribution in [0, 0.1) is 0 Å². The molecule has 0 bridgehead atoms. The molecule has 0 aliphatic heterocycles. The fourth-order valence-electron chi connectivity index (χ4n) is 1.58. The molecule has 0 aliphatic carbocycles. The van der Waals surface area contributed by atoms with E-state index in [4.69, 9.17) is 5.73 Å². The molecule has 3 heteroatoms. The quantitative estimate of drug-likeness (QED) is 0.600. The van der Waals surface area contributed by atoms with Gasteiger partial charge in [0.05, 0.1) is 6.42 Å². The molecule has 2 N–H and O–H groups in total. The highest BCUT2D eigenvalue weighted by molar-refractivity contribution is 5.79. The van der Waals surface area contributed by atoms with Gasteiger partial charge < -0.3 is 10.6 Å². The summed E-state index contributed by atoms with van der Waals surface area (Å²) < 4.78 is 0. The van der Waals surface area contributed by atoms with E-state index in [9.17, 15) is 4.79 Å². The summed E-state index contributed by atoms with van der Waals surface area (Å²) >= 11 is 0. The minimum Gasteiger partial charge on any atom is -0.399 e. The molecule has 0 aliphatic rings. The minimum atomic E-state index is 0.0513. The topological polar surface area (TPSA) is 46.3 Å². The molecule has 17 heavy (non-hydrogen) atoms. The van der Waals surface area contributed by atoms with Crippen LogP contribution in [-0.4, -0.2) is 23.9 Å². The predicted molar refractivity (Wildman–Crippen MR) is 71.5 cm³/mol. The second kappa shape index (κ2) is 6.53. The first-order valence-electron chi connectivity index (χ1n) is 5.51. The maximum absolute atomic E-state index is 12.0. The smallest absolute Gasteiger partial charge is 0.227 e. The van der Waals surface area contributed by atoms with Gasteiger partial charge in [0.1, 0.15) is 0 Å². The first-order valence-corrected chi connectivity index (χ1v) is 5.51. The zero-order valence-electron chi connectivity index (χ0n) is 9.93. The molecule has 0 fully saturated rings. The Hall–Kier alpha value is -2.03. The van der Waals surface area contributed by atoms with Gasteiger partial charge in [-0.3, -0.25) is 4.79 Å². The van der Waals surface area contributed by atoms with Crippen LogP contribution in [0.15, 0.2) is 49.6 Å². The summed E-state index contributed by atoms with van der Waals surface area (Å²) in [6, 6.07) is 7.37. The summed E-state index contributed by atoms with van der Waals surface area (Å²) in [7, 11) is 0. The maximum Gasteiger partial charge on any atom is 0.227 e. The van der Waals surface area contributed by atoms with Crippen LogP contribution < -0.4 is 5.73 Å². The van der Waals surface area contributed by atoms with Gasteiger partial charge in [0.15, 0.2) is 0 Å². The summed E-state index contributed by atoms with van der Waals surface area (Å²) in [5.74, 6) is 0.0513. The van der Waals surface area contributed by atoms with Crippen molar-refractivity contribution in [2.24, 2.45) is 0 Å². The normalized spacial score (nSPS) is 9.65. The Morgan fingerprint density at radius 3 is 2.47 bits per heavy atom. The van der Waals surface area contributed by atoms with Crippen LogP contribution in [0.3, 0.4) is 0 Å². The van der Waals surface area contributed by atoms with Crippen molar-refractivity contribution in [2.75, 3.05) is 18.8 Å². The van der Waals surface area contributed by atoms with Crippen molar-refractivity contribution < 1.29 is 4.79 Å². The maximum atomic E-state index is 12.0. The average molecular weight is 230 g/mol. The lowest BCUT2D eigenvalue weighted by molar-refractivity contribution is -0.129. The van der Waals surface area contributed by atoms with Gasteiger partial charge >= 0.3 is 0 Å². The van der Waals surface area contributed by atoms with Crippen molar-refractivity contribution in [3.8, 4) is 0 Å². The van der Waals surface area contributed by atoms with Gasteiger partial charge in [0.25, 0.3) is 0 Å². The van der Waals surface area contributed by atoms with E-state index in [1.165, 1.54) is 0 Å². The number of amides is 1. The molecule has 3 nitrogen and oxygen atoms in total. The van der Waals surface area contributed by atoms with E-state index in [-0.39, 0.29) is 5.91 Å². The first kappa shape index (κ1) is 13.0. The summed E-state index contributed by atoms with van der Waals surface area (Å²) in [6.45, 7) is 8.35. The molecule has 1 amide bonds. The molecule has 90 valence electrons. The lowest BCUT2D eigenvalue weighted by Gasteiger charge is -2.19. The Morgan fingerprint density at radius 2 is 1.94 bits per heavy atom. The van der Waals surface area contributed by atoms with Crippen LogP contribution >= 0.6 is 0 Å². The van der Waals surface area contributed by atoms with Gasteiger partial charge in [0, 0.05) is 18.8 Å². The highest BCUT2D eigenvalue weighted by Gasteiger charge is 2.11. The van der Waals surface area contributed by atoms with Gasteiger partial charge in [0.2, 0.25) is 5.91 Å². The molecule has 0 saturated carbocycles. The predicted octanol–water partition coefficient (Wildman–Crippen LogP) is 2.01. The Labute approximate surface area is 102 Å². The number of nitrogens with zero attached hydrogens (tertiary/aromatic N) is 1. The number of benzene rings is 1. The second-order valence-electron chi connectivity index (χ2n) is 3.80. The number of anilines is 1. The van der Waals surface area contributed by atoms with Crippen LogP contribution in [0.25, 0.3) is 0 Å². The van der Waals surface area contributed by atoms with Crippen molar-refractivity contribution in [3.63, 3.8) is 0 Å². The lowest BCUT2D eigenvalue weighted by Crippen LogP contribution is -2.32. The summed E-state index contributed by atoms with van der Waals surface area (Å²) in [5.41, 5.74) is 7.27. The van der Waals surface area contributed by atoms with Crippen LogP contribution in [0.5, 0.6) is 0 Å². The highest BCUT2D eigenvalue weighted by atomic mass is 16.2. The van der Waals surface area contributed by atoms with E-state index in [1.807, 2.05) is 18.2 Å². The number of nitrogens with two attached hydrogens (primary N) is 1. The lowest BCUT2D eigenvalue weighted by atomic mass is 10.1. The summed E-state index contributed by atoms with van der Waals surface area (Å²) in [5, 5.41) is 0. The zero-order valence-corrected chi connectivity index (χ0v) is 9.93. The van der Waals surface area contributed by atoms with Crippen molar-refractivity contribution in [1.82, 2.24) is 4.90 Å². The van der Waals surface area contributed by atoms with E-state index in [1.54, 1.807) is 23.1 Å². The van der Waals surface area contributed by atoms with E-state index < -0.39 is 0 Å². The molecular weight excluding hydrogens is 212 g/mol. The van der Waals surface area contributed by atoms with E-state index in [0.29, 0.717) is 25.2 Å². The van der Waals surface area contributed by atoms with Gasteiger partial charge in [-0.05, 0) is 17.7 Å². The second-order valence-corrected chi connectivity index (χ2v) is 3.80. The standard InChI is InChI=1S/C14H18N2O/c1-3-8-16(9-4-2)14(17)11-12-6-5-7-13(15)10-12/h3-7,10H,1-2,8-9,11,15H2. The van der Waals surface area contributed by atoms with E-state index >= 15 is 0 Å². The molecule has 0 heterocycles. The molecule has 1 aromatic carbocycles. The van der Waals surface area contributed by atoms with Crippen LogP contribution in [0.4, 0.5) is 5.69 Å². The van der Waals surface area contributed by atoms with Gasteiger partial charge in [-0.25, -0.2) is 0 Å². The summed E-state index contributed by atoms with van der Waals surface area (Å²) in [4.78, 5) is 13.7. The highest BCUT2D eigenvalue weighted by Crippen LogP contribution is 2.08. The van der Waals surface area contributed by atoms with Crippen LogP contribution in [0.2, 0.25) is 0 Å². The van der Waals surface area contributed by atoms with Crippen LogP contribution in [-0.2, 0) is 11.2 Å². The fraction of sp³-hybridized carbons (Fsp3) is 0.214. The van der Waals surface area contributed by atoms with Crippen molar-refractivity contribution in [1.29, 1.82) is 0 Å². The third kappa shape index (κ3) is 4.15. The Bertz CT molecular complexity index is 402. The Kier molecular flexibility index (Phi) is 5.01. The molecule has 0 unspecified atom stereocenters. The molecule has 1 aromatic rings. The van der Waals surface area contributed by atoms with Crippen molar-refractivity contribution >= 4 is 11.6 Å². The largest absolute Gasteiger partial charge is 0.399 e. The number of rotatable bonds is 6. The van der Waals surface area contributed by atoms with Crippen molar-refractivity contribution in [2.45, 2.75) is 6.42 Å². The molecular formula is C14H18N2O. The molecule has 0 radical (unpaired) electrons. The number of carbonyl (C=O) groups is 1. The van der Waals surface area contributed by atoms with Gasteiger partial charge in [-0.15, -0.1) is 13.2 Å². The number of hydrogen-bond acceptors (Lipinski definition) is 2. The molecule has 1 rings (SSSR count). The number of nitrogen functional groups attached to an aromatic ring is 1. The number of hydrogen-bond donors (Lipinski definition) is 1. The molecule has 0 aromatic heterocycles. The van der Waals surface area contributed by atoms with Gasteiger partial charge in [-0.1, -0.05) is 24.3 Å². The fourth-order valence-corrected chi connectivity index (χ4v) is 1.58. The van der Waals surface area contributed by atoms with Gasteiger partial charge in [-0.2, -0.15) is 0 Å². The first-order chi connectivity index (χ1) is 8.17. The molecule has 0 spiro atoms. The molecule has 0 atom stereocenters. The average Bonchev–Trinajstić information content (AvgIpc) is 2.28. The monoisotopic (exact) mass is 230 g/mol. The Morgan fingerprint density at radius 1 is 1.29 bits per heavy atom. The van der Waals surface area contributed by atoms with E-state index in [2.05, 4.69) is 13.2 Å². The SMILES string of the molecule is C=CCN(CC=C)C(=O)Cc1cccc(N)c1. The third-order valence-electron chi connectivity index (χ3n) is 2.36. The summed E-state index contributed by atoms with van der Waals surface area (Å²) in [6.07, 6.45) is 3.77. The van der Waals surface area contributed by atoms with E-state index in [0.717, 1.165) is 5.56 Å². The van der Waals surface area contributed by atoms with Crippen LogP contribution in [0.1, 0.15) is 5.56 Å². The zero-order chi connectivity index (χ0) is 12.7. The Balaban J connectivity index is 2.68.